The minimum Gasteiger partial charge on any atom is -0.486 e. The molecule has 0 saturated heterocycles. The zero-order chi connectivity index (χ0) is 20.7. The summed E-state index contributed by atoms with van der Waals surface area (Å²) in [5.41, 5.74) is 2.78. The summed E-state index contributed by atoms with van der Waals surface area (Å²) in [6, 6.07) is 13.3. The number of rotatable bonds is 4. The fourth-order valence-electron chi connectivity index (χ4n) is 3.64. The van der Waals surface area contributed by atoms with Crippen molar-refractivity contribution in [2.45, 2.75) is 13.0 Å². The summed E-state index contributed by atoms with van der Waals surface area (Å²) in [6.07, 6.45) is -0.257. The third kappa shape index (κ3) is 3.29. The maximum Gasteiger partial charge on any atom is 0.252 e. The lowest BCUT2D eigenvalue weighted by molar-refractivity contribution is 0.0790. The molecule has 5 rings (SSSR count). The predicted molar refractivity (Wildman–Crippen MR) is 115 cm³/mol. The molecule has 1 N–H and O–H groups in total. The number of hydrogen-bond donors (Lipinski definition) is 1. The number of carbonyl (C=O) groups is 1. The molecule has 4 aromatic rings. The quantitative estimate of drug-likeness (QED) is 0.546. The fraction of sp³-hybridized carbons (Fsp3) is 0.227. The minimum absolute atomic E-state index is 0.182. The van der Waals surface area contributed by atoms with Gasteiger partial charge in [0.05, 0.1) is 33.8 Å². The van der Waals surface area contributed by atoms with Crippen LogP contribution in [0.15, 0.2) is 47.8 Å². The molecule has 1 aliphatic heterocycles. The molecule has 1 aromatic carbocycles. The number of nitrogens with zero attached hydrogens (tertiary/aromatic N) is 3. The topological polar surface area (TPSA) is 78.3 Å². The Morgan fingerprint density at radius 2 is 2.10 bits per heavy atom. The van der Waals surface area contributed by atoms with Gasteiger partial charge in [0.25, 0.3) is 5.91 Å². The second-order valence-corrected chi connectivity index (χ2v) is 8.10. The van der Waals surface area contributed by atoms with Gasteiger partial charge in [0.1, 0.15) is 12.7 Å². The van der Waals surface area contributed by atoms with Gasteiger partial charge in [-0.15, -0.1) is 11.3 Å². The van der Waals surface area contributed by atoms with Crippen molar-refractivity contribution in [2.24, 2.45) is 7.05 Å². The van der Waals surface area contributed by atoms with Gasteiger partial charge >= 0.3 is 0 Å². The highest BCUT2D eigenvalue weighted by atomic mass is 32.1. The van der Waals surface area contributed by atoms with E-state index < -0.39 is 0 Å². The van der Waals surface area contributed by atoms with Gasteiger partial charge in [-0.25, -0.2) is 4.98 Å². The molecule has 8 heteroatoms. The first-order valence-corrected chi connectivity index (χ1v) is 10.5. The van der Waals surface area contributed by atoms with Crippen LogP contribution < -0.4 is 14.8 Å². The summed E-state index contributed by atoms with van der Waals surface area (Å²) >= 11 is 1.59. The Hall–Kier alpha value is -3.39. The van der Waals surface area contributed by atoms with Gasteiger partial charge in [-0.1, -0.05) is 18.2 Å². The van der Waals surface area contributed by atoms with Crippen molar-refractivity contribution in [3.63, 3.8) is 0 Å². The largest absolute Gasteiger partial charge is 0.486 e. The van der Waals surface area contributed by atoms with Crippen molar-refractivity contribution in [2.75, 3.05) is 13.2 Å². The maximum absolute atomic E-state index is 13.2. The molecule has 152 valence electrons. The number of hydrogen-bond acceptors (Lipinski definition) is 6. The lowest BCUT2D eigenvalue weighted by Crippen LogP contribution is -2.40. The van der Waals surface area contributed by atoms with Crippen LogP contribution in [-0.4, -0.2) is 39.9 Å². The predicted octanol–water partition coefficient (Wildman–Crippen LogP) is 3.58. The molecule has 1 amide bonds. The molecule has 0 aliphatic carbocycles. The van der Waals surface area contributed by atoms with E-state index in [4.69, 9.17) is 14.5 Å². The molecule has 0 bridgehead atoms. The van der Waals surface area contributed by atoms with E-state index in [1.54, 1.807) is 16.0 Å². The monoisotopic (exact) mass is 420 g/mol. The fourth-order valence-corrected chi connectivity index (χ4v) is 4.33. The van der Waals surface area contributed by atoms with Crippen molar-refractivity contribution >= 4 is 28.3 Å². The van der Waals surface area contributed by atoms with E-state index in [1.165, 1.54) is 0 Å². The van der Waals surface area contributed by atoms with Crippen LogP contribution in [0.3, 0.4) is 0 Å². The molecule has 1 aliphatic rings. The Morgan fingerprint density at radius 3 is 2.90 bits per heavy atom. The van der Waals surface area contributed by atoms with Crippen LogP contribution in [0.4, 0.5) is 0 Å². The number of aryl methyl sites for hydroxylation is 2. The summed E-state index contributed by atoms with van der Waals surface area (Å²) in [4.78, 5) is 18.9. The second kappa shape index (κ2) is 7.46. The van der Waals surface area contributed by atoms with Crippen molar-refractivity contribution in [3.05, 3.63) is 59.1 Å². The zero-order valence-corrected chi connectivity index (χ0v) is 17.4. The first-order chi connectivity index (χ1) is 14.6. The van der Waals surface area contributed by atoms with Crippen LogP contribution in [0.1, 0.15) is 16.1 Å². The van der Waals surface area contributed by atoms with Crippen LogP contribution in [-0.2, 0) is 7.05 Å². The molecule has 0 radical (unpaired) electrons. The molecular formula is C22H20N4O3S. The maximum atomic E-state index is 13.2. The van der Waals surface area contributed by atoms with E-state index in [2.05, 4.69) is 10.4 Å². The molecule has 3 aromatic heterocycles. The number of amides is 1. The third-order valence-electron chi connectivity index (χ3n) is 5.04. The lowest BCUT2D eigenvalue weighted by atomic mass is 10.1. The van der Waals surface area contributed by atoms with Crippen LogP contribution in [0.2, 0.25) is 0 Å². The number of benzene rings is 1. The number of nitrogens with one attached hydrogen (secondary N) is 1. The van der Waals surface area contributed by atoms with Crippen LogP contribution in [0.5, 0.6) is 11.5 Å². The van der Waals surface area contributed by atoms with Crippen LogP contribution >= 0.6 is 11.3 Å². The van der Waals surface area contributed by atoms with Crippen molar-refractivity contribution in [1.82, 2.24) is 20.1 Å². The van der Waals surface area contributed by atoms with E-state index in [9.17, 15) is 4.79 Å². The number of fused-ring (bicyclic) bond motifs is 2. The Labute approximate surface area is 177 Å². The number of carbonyl (C=O) groups excluding carboxylic acids is 1. The molecule has 4 heterocycles. The molecule has 30 heavy (non-hydrogen) atoms. The Morgan fingerprint density at radius 1 is 1.27 bits per heavy atom. The van der Waals surface area contributed by atoms with E-state index in [0.717, 1.165) is 27.4 Å². The summed E-state index contributed by atoms with van der Waals surface area (Å²) in [6.45, 7) is 2.61. The summed E-state index contributed by atoms with van der Waals surface area (Å²) < 4.78 is 13.4. The van der Waals surface area contributed by atoms with Gasteiger partial charge in [0.15, 0.2) is 17.1 Å². The summed E-state index contributed by atoms with van der Waals surface area (Å²) in [5.74, 6) is 1.23. The Bertz CT molecular complexity index is 1230. The summed E-state index contributed by atoms with van der Waals surface area (Å²) in [7, 11) is 1.84. The standard InChI is InChI=1S/C22H20N4O3S/c1-13-20-15(10-16(19-8-5-9-30-19)24-21(20)26(2)25-13)22(27)23-11-14-12-28-17-6-3-4-7-18(17)29-14/h3-10,14H,11-12H2,1-2H3,(H,23,27). The molecule has 1 atom stereocenters. The van der Waals surface area contributed by atoms with Gasteiger partial charge < -0.3 is 14.8 Å². The number of pyridine rings is 1. The van der Waals surface area contributed by atoms with Crippen molar-refractivity contribution < 1.29 is 14.3 Å². The van der Waals surface area contributed by atoms with Gasteiger partial charge in [-0.2, -0.15) is 5.10 Å². The number of para-hydroxylation sites is 2. The smallest absolute Gasteiger partial charge is 0.252 e. The van der Waals surface area contributed by atoms with Crippen LogP contribution in [0.25, 0.3) is 21.6 Å². The lowest BCUT2D eigenvalue weighted by Gasteiger charge is -2.26. The minimum atomic E-state index is -0.257. The normalized spacial score (nSPS) is 15.3. The van der Waals surface area contributed by atoms with E-state index in [1.807, 2.05) is 61.8 Å². The van der Waals surface area contributed by atoms with E-state index in [0.29, 0.717) is 30.1 Å². The Balaban J connectivity index is 1.42. The molecule has 0 spiro atoms. The molecular weight excluding hydrogens is 400 g/mol. The highest BCUT2D eigenvalue weighted by Gasteiger charge is 2.23. The van der Waals surface area contributed by atoms with Gasteiger partial charge in [0, 0.05) is 7.05 Å². The summed E-state index contributed by atoms with van der Waals surface area (Å²) in [5, 5.41) is 10.2. The van der Waals surface area contributed by atoms with Crippen molar-refractivity contribution in [1.29, 1.82) is 0 Å². The average molecular weight is 420 g/mol. The first-order valence-electron chi connectivity index (χ1n) is 9.65. The van der Waals surface area contributed by atoms with Gasteiger partial charge in [-0.05, 0) is 36.6 Å². The second-order valence-electron chi connectivity index (χ2n) is 7.15. The zero-order valence-electron chi connectivity index (χ0n) is 16.6. The molecule has 1 unspecified atom stereocenters. The van der Waals surface area contributed by atoms with Crippen LogP contribution in [0, 0.1) is 6.92 Å². The highest BCUT2D eigenvalue weighted by Crippen LogP contribution is 2.31. The van der Waals surface area contributed by atoms with E-state index in [-0.39, 0.29) is 12.0 Å². The van der Waals surface area contributed by atoms with Crippen molar-refractivity contribution in [3.8, 4) is 22.1 Å². The highest BCUT2D eigenvalue weighted by molar-refractivity contribution is 7.13. The number of thiophene rings is 1. The van der Waals surface area contributed by atoms with E-state index >= 15 is 0 Å². The number of aromatic nitrogens is 3. The Kier molecular flexibility index (Phi) is 4.63. The SMILES string of the molecule is Cc1nn(C)c2nc(-c3cccs3)cc(C(=O)NCC3COc4ccccc4O3)c12. The first kappa shape index (κ1) is 18.6. The van der Waals surface area contributed by atoms with Gasteiger partial charge in [0.2, 0.25) is 0 Å². The molecule has 7 nitrogen and oxygen atoms in total. The molecule has 0 saturated carbocycles. The average Bonchev–Trinajstić information content (AvgIpc) is 3.40. The molecule has 0 fully saturated rings. The van der Waals surface area contributed by atoms with Gasteiger partial charge in [-0.3, -0.25) is 9.48 Å². The number of ether oxygens (including phenoxy) is 2. The third-order valence-corrected chi connectivity index (χ3v) is 5.94.